The Morgan fingerprint density at radius 2 is 1.94 bits per heavy atom. The highest BCUT2D eigenvalue weighted by molar-refractivity contribution is 9.10. The van der Waals surface area contributed by atoms with Gasteiger partial charge < -0.3 is 10.2 Å². The van der Waals surface area contributed by atoms with Crippen LogP contribution in [-0.4, -0.2) is 31.1 Å². The number of nitrogens with zero attached hydrogens (tertiary/aromatic N) is 1. The quantitative estimate of drug-likeness (QED) is 0.823. The van der Waals surface area contributed by atoms with Crippen LogP contribution < -0.4 is 5.32 Å². The van der Waals surface area contributed by atoms with Gasteiger partial charge in [0.1, 0.15) is 0 Å². The highest BCUT2D eigenvalue weighted by Crippen LogP contribution is 2.25. The summed E-state index contributed by atoms with van der Waals surface area (Å²) in [6.45, 7) is 8.74. The molecule has 0 bridgehead atoms. The molecule has 3 heteroatoms. The second-order valence-electron chi connectivity index (χ2n) is 4.99. The van der Waals surface area contributed by atoms with Crippen LogP contribution >= 0.6 is 15.9 Å². The molecule has 1 rings (SSSR count). The van der Waals surface area contributed by atoms with Gasteiger partial charge in [-0.2, -0.15) is 0 Å². The lowest BCUT2D eigenvalue weighted by atomic mass is 10.0. The summed E-state index contributed by atoms with van der Waals surface area (Å²) in [5.41, 5.74) is 1.36. The molecule has 102 valence electrons. The lowest BCUT2D eigenvalue weighted by Gasteiger charge is -2.25. The fourth-order valence-electron chi connectivity index (χ4n) is 1.96. The van der Waals surface area contributed by atoms with Crippen LogP contribution in [-0.2, 0) is 0 Å². The summed E-state index contributed by atoms with van der Waals surface area (Å²) in [6, 6.07) is 9.52. The van der Waals surface area contributed by atoms with Crippen molar-refractivity contribution in [2.24, 2.45) is 0 Å². The molecule has 0 saturated carbocycles. The summed E-state index contributed by atoms with van der Waals surface area (Å²) < 4.78 is 1.20. The van der Waals surface area contributed by atoms with Crippen molar-refractivity contribution in [3.8, 4) is 0 Å². The van der Waals surface area contributed by atoms with E-state index in [0.717, 1.165) is 19.5 Å². The zero-order chi connectivity index (χ0) is 13.5. The Morgan fingerprint density at radius 1 is 1.28 bits per heavy atom. The number of benzene rings is 1. The maximum absolute atomic E-state index is 3.65. The monoisotopic (exact) mass is 312 g/mol. The van der Waals surface area contributed by atoms with E-state index in [9.17, 15) is 0 Å². The minimum atomic E-state index is 0.423. The van der Waals surface area contributed by atoms with Crippen LogP contribution in [0.5, 0.6) is 0 Å². The molecule has 0 aliphatic carbocycles. The van der Waals surface area contributed by atoms with Gasteiger partial charge in [0.25, 0.3) is 0 Å². The summed E-state index contributed by atoms with van der Waals surface area (Å²) in [5, 5.41) is 3.58. The highest BCUT2D eigenvalue weighted by Gasteiger charge is 2.14. The normalized spacial score (nSPS) is 13.3. The molecule has 0 aliphatic rings. The predicted octanol–water partition coefficient (Wildman–Crippen LogP) is 3.83. The number of rotatable bonds is 7. The molecule has 0 fully saturated rings. The van der Waals surface area contributed by atoms with Crippen LogP contribution in [0.25, 0.3) is 0 Å². The topological polar surface area (TPSA) is 15.3 Å². The van der Waals surface area contributed by atoms with Gasteiger partial charge in [-0.1, -0.05) is 41.1 Å². The summed E-state index contributed by atoms with van der Waals surface area (Å²) in [6.07, 6.45) is 1.13. The lowest BCUT2D eigenvalue weighted by molar-refractivity contribution is 0.257. The molecule has 0 spiro atoms. The van der Waals surface area contributed by atoms with Gasteiger partial charge in [0, 0.05) is 16.6 Å². The van der Waals surface area contributed by atoms with Gasteiger partial charge in [0.05, 0.1) is 0 Å². The third-order valence-corrected chi connectivity index (χ3v) is 4.11. The van der Waals surface area contributed by atoms with Crippen LogP contribution in [0.3, 0.4) is 0 Å². The molecular weight excluding hydrogens is 288 g/mol. The first-order valence-corrected chi connectivity index (χ1v) is 7.53. The Morgan fingerprint density at radius 3 is 2.50 bits per heavy atom. The average Bonchev–Trinajstić information content (AvgIpc) is 2.35. The van der Waals surface area contributed by atoms with Crippen molar-refractivity contribution in [3.63, 3.8) is 0 Å². The number of hydrogen-bond donors (Lipinski definition) is 1. The van der Waals surface area contributed by atoms with E-state index < -0.39 is 0 Å². The van der Waals surface area contributed by atoms with Crippen molar-refractivity contribution >= 4 is 15.9 Å². The molecule has 1 atom stereocenters. The first kappa shape index (κ1) is 15.7. The molecule has 0 aromatic heterocycles. The standard InChI is InChI=1S/C15H25BrN2/c1-5-17-15(10-11-18(4)12(2)3)13-8-6-7-9-14(13)16/h6-9,12,15,17H,5,10-11H2,1-4H3. The van der Waals surface area contributed by atoms with Crippen molar-refractivity contribution in [2.75, 3.05) is 20.1 Å². The third-order valence-electron chi connectivity index (χ3n) is 3.38. The van der Waals surface area contributed by atoms with E-state index in [1.807, 2.05) is 0 Å². The molecule has 1 aromatic rings. The van der Waals surface area contributed by atoms with E-state index >= 15 is 0 Å². The molecule has 0 saturated heterocycles. The molecule has 0 radical (unpaired) electrons. The van der Waals surface area contributed by atoms with Crippen molar-refractivity contribution in [1.29, 1.82) is 0 Å². The molecule has 1 N–H and O–H groups in total. The lowest BCUT2D eigenvalue weighted by Crippen LogP contribution is -2.31. The van der Waals surface area contributed by atoms with E-state index in [1.54, 1.807) is 0 Å². The molecule has 18 heavy (non-hydrogen) atoms. The summed E-state index contributed by atoms with van der Waals surface area (Å²) in [4.78, 5) is 2.39. The zero-order valence-electron chi connectivity index (χ0n) is 11.9. The maximum Gasteiger partial charge on any atom is 0.0343 e. The van der Waals surface area contributed by atoms with Crippen molar-refractivity contribution in [1.82, 2.24) is 10.2 Å². The Hall–Kier alpha value is -0.380. The second kappa shape index (κ2) is 7.93. The Kier molecular flexibility index (Phi) is 6.90. The summed E-state index contributed by atoms with van der Waals surface area (Å²) in [5.74, 6) is 0. The number of hydrogen-bond acceptors (Lipinski definition) is 2. The van der Waals surface area contributed by atoms with Crippen molar-refractivity contribution in [3.05, 3.63) is 34.3 Å². The molecule has 0 heterocycles. The van der Waals surface area contributed by atoms with Crippen LogP contribution in [0.4, 0.5) is 0 Å². The van der Waals surface area contributed by atoms with Gasteiger partial charge in [-0.3, -0.25) is 0 Å². The maximum atomic E-state index is 3.65. The van der Waals surface area contributed by atoms with E-state index in [2.05, 4.69) is 78.2 Å². The zero-order valence-corrected chi connectivity index (χ0v) is 13.5. The Bertz CT molecular complexity index is 352. The average molecular weight is 313 g/mol. The van der Waals surface area contributed by atoms with Crippen molar-refractivity contribution < 1.29 is 0 Å². The molecule has 2 nitrogen and oxygen atoms in total. The molecular formula is C15H25BrN2. The Balaban J connectivity index is 2.68. The fourth-order valence-corrected chi connectivity index (χ4v) is 2.52. The number of nitrogens with one attached hydrogen (secondary N) is 1. The van der Waals surface area contributed by atoms with Crippen LogP contribution in [0.15, 0.2) is 28.7 Å². The molecule has 0 amide bonds. The van der Waals surface area contributed by atoms with Crippen LogP contribution in [0.1, 0.15) is 38.8 Å². The van der Waals surface area contributed by atoms with Gasteiger partial charge >= 0.3 is 0 Å². The molecule has 1 unspecified atom stereocenters. The largest absolute Gasteiger partial charge is 0.310 e. The summed E-state index contributed by atoms with van der Waals surface area (Å²) in [7, 11) is 2.19. The van der Waals surface area contributed by atoms with Crippen LogP contribution in [0, 0.1) is 0 Å². The van der Waals surface area contributed by atoms with Crippen LogP contribution in [0.2, 0.25) is 0 Å². The smallest absolute Gasteiger partial charge is 0.0343 e. The van der Waals surface area contributed by atoms with Gasteiger partial charge in [-0.15, -0.1) is 0 Å². The Labute approximate surface area is 120 Å². The first-order valence-electron chi connectivity index (χ1n) is 6.74. The van der Waals surface area contributed by atoms with E-state index in [4.69, 9.17) is 0 Å². The SMILES string of the molecule is CCNC(CCN(C)C(C)C)c1ccccc1Br. The fraction of sp³-hybridized carbons (Fsp3) is 0.600. The highest BCUT2D eigenvalue weighted by atomic mass is 79.9. The third kappa shape index (κ3) is 4.71. The molecule has 0 aliphatic heterocycles. The second-order valence-corrected chi connectivity index (χ2v) is 5.85. The molecule has 1 aromatic carbocycles. The minimum Gasteiger partial charge on any atom is -0.310 e. The minimum absolute atomic E-state index is 0.423. The van der Waals surface area contributed by atoms with Gasteiger partial charge in [0.15, 0.2) is 0 Å². The first-order chi connectivity index (χ1) is 8.56. The van der Waals surface area contributed by atoms with E-state index in [1.165, 1.54) is 10.0 Å². The summed E-state index contributed by atoms with van der Waals surface area (Å²) >= 11 is 3.65. The van der Waals surface area contributed by atoms with E-state index in [-0.39, 0.29) is 0 Å². The van der Waals surface area contributed by atoms with Gasteiger partial charge in [0.2, 0.25) is 0 Å². The van der Waals surface area contributed by atoms with Gasteiger partial charge in [-0.05, 0) is 52.0 Å². The van der Waals surface area contributed by atoms with E-state index in [0.29, 0.717) is 12.1 Å². The number of halogens is 1. The van der Waals surface area contributed by atoms with Crippen molar-refractivity contribution in [2.45, 2.75) is 39.3 Å². The predicted molar refractivity (Wildman–Crippen MR) is 82.9 cm³/mol. The van der Waals surface area contributed by atoms with Gasteiger partial charge in [-0.25, -0.2) is 0 Å².